The van der Waals surface area contributed by atoms with Crippen molar-refractivity contribution in [2.75, 3.05) is 13.2 Å². The first-order valence-electron chi connectivity index (χ1n) is 16.0. The van der Waals surface area contributed by atoms with Crippen molar-refractivity contribution >= 4 is 41.4 Å². The molecule has 0 radical (unpaired) electrons. The number of carboxylic acid groups (broad SMARTS) is 1. The van der Waals surface area contributed by atoms with Gasteiger partial charge in [-0.15, -0.1) is 0 Å². The fraction of sp³-hybridized carbons (Fsp3) is 0.767. The molecule has 0 aliphatic rings. The Bertz CT molecular complexity index is 1070. The number of rotatable bonds is 23. The Hall–Kier alpha value is -3.83. The van der Waals surface area contributed by atoms with Crippen LogP contribution in [0.25, 0.3) is 0 Å². The molecule has 0 aromatic heterocycles. The molecule has 0 saturated heterocycles. The van der Waals surface area contributed by atoms with Crippen molar-refractivity contribution in [3.63, 3.8) is 0 Å². The molecule has 7 atom stereocenters. The highest BCUT2D eigenvalue weighted by atomic mass is 16.4. The summed E-state index contributed by atoms with van der Waals surface area (Å²) in [7, 11) is 0. The number of amides is 6. The Labute approximate surface area is 276 Å². The summed E-state index contributed by atoms with van der Waals surface area (Å²) >= 11 is 0. The number of carboxylic acids is 1. The zero-order valence-corrected chi connectivity index (χ0v) is 28.3. The van der Waals surface area contributed by atoms with Gasteiger partial charge in [0.15, 0.2) is 0 Å². The minimum atomic E-state index is -1.64. The highest BCUT2D eigenvalue weighted by Gasteiger charge is 2.34. The molecule has 6 amide bonds. The van der Waals surface area contributed by atoms with E-state index in [1.165, 1.54) is 0 Å². The third kappa shape index (κ3) is 16.0. The van der Waals surface area contributed by atoms with E-state index in [9.17, 15) is 43.8 Å². The van der Waals surface area contributed by atoms with Gasteiger partial charge < -0.3 is 54.0 Å². The summed E-state index contributed by atoms with van der Waals surface area (Å²) in [5, 5.41) is 31.5. The summed E-state index contributed by atoms with van der Waals surface area (Å²) in [5.41, 5.74) is 16.8. The number of aliphatic carboxylic acids is 1. The molecule has 0 fully saturated rings. The van der Waals surface area contributed by atoms with Gasteiger partial charge >= 0.3 is 5.97 Å². The molecule has 0 heterocycles. The molecular formula is C30H56N8O9. The van der Waals surface area contributed by atoms with Crippen LogP contribution in [0.3, 0.4) is 0 Å². The number of hydrogen-bond donors (Lipinski definition) is 10. The zero-order valence-electron chi connectivity index (χ0n) is 28.3. The number of carbonyl (C=O) groups excluding carboxylic acids is 6. The third-order valence-corrected chi connectivity index (χ3v) is 7.52. The second-order valence-electron chi connectivity index (χ2n) is 12.5. The van der Waals surface area contributed by atoms with Crippen LogP contribution in [0.15, 0.2) is 0 Å². The van der Waals surface area contributed by atoms with Crippen LogP contribution >= 0.6 is 0 Å². The lowest BCUT2D eigenvalue weighted by Crippen LogP contribution is -2.61. The molecule has 0 rings (SSSR count). The van der Waals surface area contributed by atoms with E-state index >= 15 is 0 Å². The predicted molar refractivity (Wildman–Crippen MR) is 173 cm³/mol. The van der Waals surface area contributed by atoms with E-state index in [4.69, 9.17) is 17.2 Å². The van der Waals surface area contributed by atoms with Crippen molar-refractivity contribution in [3.05, 3.63) is 0 Å². The third-order valence-electron chi connectivity index (χ3n) is 7.52. The van der Waals surface area contributed by atoms with Gasteiger partial charge in [-0.25, -0.2) is 4.79 Å². The van der Waals surface area contributed by atoms with E-state index < -0.39 is 103 Å². The molecule has 0 aliphatic carbocycles. The summed E-state index contributed by atoms with van der Waals surface area (Å²) < 4.78 is 0. The van der Waals surface area contributed by atoms with Crippen LogP contribution in [-0.4, -0.2) is 101 Å². The van der Waals surface area contributed by atoms with Crippen molar-refractivity contribution in [1.29, 1.82) is 0 Å². The van der Waals surface area contributed by atoms with E-state index in [0.717, 1.165) is 0 Å². The Morgan fingerprint density at radius 3 is 1.68 bits per heavy atom. The summed E-state index contributed by atoms with van der Waals surface area (Å²) in [5.74, 6) is -7.18. The lowest BCUT2D eigenvalue weighted by atomic mass is 9.96. The fourth-order valence-electron chi connectivity index (χ4n) is 4.52. The average Bonchev–Trinajstić information content (AvgIpc) is 2.98. The van der Waals surface area contributed by atoms with Crippen LogP contribution in [0.1, 0.15) is 80.1 Å². The van der Waals surface area contributed by atoms with E-state index in [0.29, 0.717) is 32.2 Å². The molecule has 0 aromatic rings. The molecule has 0 bridgehead atoms. The normalized spacial score (nSPS) is 15.7. The Morgan fingerprint density at radius 2 is 1.21 bits per heavy atom. The maximum absolute atomic E-state index is 13.3. The standard InChI is InChI=1S/C30H56N8O9/c1-7-17(6)24(38-25(41)18(32)12-15(2)3)29(45)35-20(13-22(33)40)27(43)36-21(14-39)28(44)34-19(10-8-9-11-31)26(42)37-23(16(4)5)30(46)47/h15-21,23-24,39H,7-14,31-32H2,1-6H3,(H2,33,40)(H,34,44)(H,35,45)(H,36,43)(H,37,42)(H,38,41)(H,46,47)/t17-,18-,19-,20-,21-,23-,24-/m0/s1. The highest BCUT2D eigenvalue weighted by Crippen LogP contribution is 2.11. The van der Waals surface area contributed by atoms with E-state index in [1.807, 2.05) is 13.8 Å². The van der Waals surface area contributed by atoms with Gasteiger partial charge in [0.25, 0.3) is 0 Å². The number of nitrogens with two attached hydrogens (primary N) is 3. The van der Waals surface area contributed by atoms with Crippen LogP contribution in [-0.2, 0) is 33.6 Å². The Balaban J connectivity index is 5.93. The largest absolute Gasteiger partial charge is 0.480 e. The Morgan fingerprint density at radius 1 is 0.702 bits per heavy atom. The molecule has 0 spiro atoms. The van der Waals surface area contributed by atoms with Crippen molar-refractivity contribution in [2.45, 2.75) is 116 Å². The summed E-state index contributed by atoms with van der Waals surface area (Å²) in [6, 6.07) is -7.72. The monoisotopic (exact) mass is 672 g/mol. The molecule has 0 saturated carbocycles. The van der Waals surface area contributed by atoms with Gasteiger partial charge in [-0.1, -0.05) is 48.0 Å². The number of primary amides is 1. The first-order valence-corrected chi connectivity index (χ1v) is 16.0. The maximum Gasteiger partial charge on any atom is 0.326 e. The van der Waals surface area contributed by atoms with Gasteiger partial charge in [0.05, 0.1) is 19.1 Å². The predicted octanol–water partition coefficient (Wildman–Crippen LogP) is -2.43. The topological polar surface area (TPSA) is 298 Å². The minimum absolute atomic E-state index is 0.0786. The van der Waals surface area contributed by atoms with Gasteiger partial charge in [-0.3, -0.25) is 28.8 Å². The lowest BCUT2D eigenvalue weighted by Gasteiger charge is -2.28. The molecule has 270 valence electrons. The number of unbranched alkanes of at least 4 members (excludes halogenated alkanes) is 1. The minimum Gasteiger partial charge on any atom is -0.480 e. The second-order valence-corrected chi connectivity index (χ2v) is 12.5. The quantitative estimate of drug-likeness (QED) is 0.0509. The zero-order chi connectivity index (χ0) is 36.4. The lowest BCUT2D eigenvalue weighted by molar-refractivity contribution is -0.143. The first-order chi connectivity index (χ1) is 21.9. The van der Waals surface area contributed by atoms with Crippen molar-refractivity contribution < 1.29 is 43.8 Å². The van der Waals surface area contributed by atoms with Crippen LogP contribution in [0.2, 0.25) is 0 Å². The SMILES string of the molecule is CC[C@H](C)[C@H](NC(=O)[C@@H](N)CC(C)C)C(=O)N[C@@H](CC(N)=O)C(=O)N[C@@H](CO)C(=O)N[C@@H](CCCCN)C(=O)N[C@H](C(=O)O)C(C)C. The van der Waals surface area contributed by atoms with Crippen molar-refractivity contribution in [3.8, 4) is 0 Å². The van der Waals surface area contributed by atoms with E-state index in [1.54, 1.807) is 27.7 Å². The van der Waals surface area contributed by atoms with Crippen LogP contribution in [0.4, 0.5) is 0 Å². The summed E-state index contributed by atoms with van der Waals surface area (Å²) in [6.45, 7) is 9.83. The number of aliphatic hydroxyl groups is 1. The molecule has 17 heteroatoms. The molecule has 0 aliphatic heterocycles. The molecule has 13 N–H and O–H groups in total. The maximum atomic E-state index is 13.3. The van der Waals surface area contributed by atoms with Gasteiger partial charge in [-0.2, -0.15) is 0 Å². The highest BCUT2D eigenvalue weighted by molar-refractivity contribution is 5.97. The molecule has 0 unspecified atom stereocenters. The molecular weight excluding hydrogens is 616 g/mol. The fourth-order valence-corrected chi connectivity index (χ4v) is 4.52. The average molecular weight is 673 g/mol. The molecule has 0 aromatic carbocycles. The summed E-state index contributed by atoms with van der Waals surface area (Å²) in [6.07, 6.45) is 1.12. The van der Waals surface area contributed by atoms with Crippen molar-refractivity contribution in [2.24, 2.45) is 35.0 Å². The smallest absolute Gasteiger partial charge is 0.326 e. The van der Waals surface area contributed by atoms with E-state index in [-0.39, 0.29) is 12.3 Å². The van der Waals surface area contributed by atoms with Gasteiger partial charge in [0, 0.05) is 0 Å². The van der Waals surface area contributed by atoms with Gasteiger partial charge in [-0.05, 0) is 50.0 Å². The van der Waals surface area contributed by atoms with Crippen molar-refractivity contribution in [1.82, 2.24) is 26.6 Å². The first kappa shape index (κ1) is 43.2. The molecule has 47 heavy (non-hydrogen) atoms. The Kier molecular flexibility index (Phi) is 20.1. The van der Waals surface area contributed by atoms with Crippen LogP contribution in [0, 0.1) is 17.8 Å². The number of hydrogen-bond acceptors (Lipinski definition) is 10. The van der Waals surface area contributed by atoms with E-state index in [2.05, 4.69) is 26.6 Å². The number of carbonyl (C=O) groups is 7. The van der Waals surface area contributed by atoms with Crippen LogP contribution < -0.4 is 43.8 Å². The number of nitrogens with one attached hydrogen (secondary N) is 5. The molecule has 17 nitrogen and oxygen atoms in total. The number of aliphatic hydroxyl groups excluding tert-OH is 1. The van der Waals surface area contributed by atoms with Gasteiger partial charge in [0.1, 0.15) is 30.2 Å². The second kappa shape index (κ2) is 21.9. The summed E-state index contributed by atoms with van der Waals surface area (Å²) in [4.78, 5) is 88.8. The van der Waals surface area contributed by atoms with Crippen LogP contribution in [0.5, 0.6) is 0 Å². The van der Waals surface area contributed by atoms with Gasteiger partial charge in [0.2, 0.25) is 35.4 Å².